The van der Waals surface area contributed by atoms with Gasteiger partial charge < -0.3 is 9.84 Å². The number of aromatic hydroxyl groups is 1. The van der Waals surface area contributed by atoms with Crippen molar-refractivity contribution in [3.05, 3.63) is 27.3 Å². The Balaban J connectivity index is 2.90. The van der Waals surface area contributed by atoms with Crippen molar-refractivity contribution in [2.24, 2.45) is 0 Å². The smallest absolute Gasteiger partial charge is 0.337 e. The van der Waals surface area contributed by atoms with Gasteiger partial charge >= 0.3 is 5.97 Å². The average Bonchev–Trinajstić information content (AvgIpc) is 2.10. The third-order valence-corrected chi connectivity index (χ3v) is 2.66. The van der Waals surface area contributed by atoms with E-state index in [1.807, 2.05) is 22.6 Å². The number of benzene rings is 1. The molecule has 0 fully saturated rings. The van der Waals surface area contributed by atoms with Crippen LogP contribution >= 0.6 is 22.6 Å². The number of hydrogen-bond donors (Lipinski definition) is 1. The number of halogens is 1. The van der Waals surface area contributed by atoms with E-state index >= 15 is 0 Å². The average molecular weight is 308 g/mol. The van der Waals surface area contributed by atoms with Crippen molar-refractivity contribution in [2.45, 2.75) is 0 Å². The first kappa shape index (κ1) is 10.5. The molecule has 70 valence electrons. The molecule has 0 unspecified atom stereocenters. The Morgan fingerprint density at radius 1 is 1.62 bits per heavy atom. The van der Waals surface area contributed by atoms with E-state index < -0.39 is 0 Å². The maximum absolute atomic E-state index is 11.2. The van der Waals surface area contributed by atoms with E-state index in [4.69, 9.17) is 4.74 Å². The molecule has 0 radical (unpaired) electrons. The zero-order chi connectivity index (χ0) is 9.84. The van der Waals surface area contributed by atoms with Crippen LogP contribution in [0.4, 0.5) is 0 Å². The summed E-state index contributed by atoms with van der Waals surface area (Å²) in [6, 6.07) is 4.74. The zero-order valence-corrected chi connectivity index (χ0v) is 11.2. The molecule has 1 aromatic carbocycles. The molecule has 0 aromatic heterocycles. The molecule has 0 aliphatic heterocycles. The number of rotatable bonds is 2. The SMILES string of the molecule is O=C(OC[SiH3])c1ccc(I)c(O)c1. The highest BCUT2D eigenvalue weighted by molar-refractivity contribution is 14.1. The van der Waals surface area contributed by atoms with E-state index in [-0.39, 0.29) is 11.7 Å². The van der Waals surface area contributed by atoms with Gasteiger partial charge in [0, 0.05) is 0 Å². The minimum absolute atomic E-state index is 0.114. The summed E-state index contributed by atoms with van der Waals surface area (Å²) >= 11 is 1.99. The molecular weight excluding hydrogens is 299 g/mol. The highest BCUT2D eigenvalue weighted by Gasteiger charge is 2.07. The summed E-state index contributed by atoms with van der Waals surface area (Å²) in [5.74, 6) is -0.259. The fourth-order valence-corrected chi connectivity index (χ4v) is 1.45. The lowest BCUT2D eigenvalue weighted by Crippen LogP contribution is -2.05. The summed E-state index contributed by atoms with van der Waals surface area (Å²) in [5, 5.41) is 9.31. The Kier molecular flexibility index (Phi) is 3.73. The molecular formula is C8H9IO3Si. The van der Waals surface area contributed by atoms with Crippen molar-refractivity contribution in [1.82, 2.24) is 0 Å². The molecule has 13 heavy (non-hydrogen) atoms. The lowest BCUT2D eigenvalue weighted by atomic mass is 10.2. The van der Waals surface area contributed by atoms with Gasteiger partial charge in [0.1, 0.15) is 5.75 Å². The van der Waals surface area contributed by atoms with Gasteiger partial charge in [-0.25, -0.2) is 4.79 Å². The van der Waals surface area contributed by atoms with E-state index in [1.54, 1.807) is 12.1 Å². The molecule has 1 aromatic rings. The normalized spacial score (nSPS) is 9.92. The van der Waals surface area contributed by atoms with Gasteiger partial charge in [-0.3, -0.25) is 0 Å². The number of hydrogen-bond acceptors (Lipinski definition) is 3. The van der Waals surface area contributed by atoms with E-state index in [0.717, 1.165) is 13.8 Å². The number of carbonyl (C=O) groups excluding carboxylic acids is 1. The Morgan fingerprint density at radius 3 is 2.85 bits per heavy atom. The first-order valence-electron chi connectivity index (χ1n) is 3.80. The molecule has 0 aliphatic carbocycles. The summed E-state index contributed by atoms with van der Waals surface area (Å²) < 4.78 is 5.55. The van der Waals surface area contributed by atoms with Crippen LogP contribution in [0.1, 0.15) is 10.4 Å². The maximum Gasteiger partial charge on any atom is 0.337 e. The van der Waals surface area contributed by atoms with Crippen LogP contribution in [0.3, 0.4) is 0 Å². The molecule has 5 heteroatoms. The Bertz CT molecular complexity index is 327. The summed E-state index contributed by atoms with van der Waals surface area (Å²) in [4.78, 5) is 11.2. The van der Waals surface area contributed by atoms with Crippen LogP contribution in [0.15, 0.2) is 18.2 Å². The number of phenols is 1. The van der Waals surface area contributed by atoms with Crippen LogP contribution < -0.4 is 0 Å². The first-order valence-corrected chi connectivity index (χ1v) is 6.30. The second kappa shape index (κ2) is 4.61. The Hall–Kier alpha value is -0.563. The fraction of sp³-hybridized carbons (Fsp3) is 0.125. The maximum atomic E-state index is 11.2. The van der Waals surface area contributed by atoms with Crippen molar-refractivity contribution in [1.29, 1.82) is 0 Å². The molecule has 0 saturated heterocycles. The van der Waals surface area contributed by atoms with Crippen LogP contribution in [0, 0.1) is 3.57 Å². The van der Waals surface area contributed by atoms with E-state index in [9.17, 15) is 9.90 Å². The Labute approximate surface area is 92.7 Å². The van der Waals surface area contributed by atoms with Crippen molar-refractivity contribution < 1.29 is 14.6 Å². The van der Waals surface area contributed by atoms with Crippen LogP contribution in [0.5, 0.6) is 5.75 Å². The van der Waals surface area contributed by atoms with Crippen LogP contribution in [0.25, 0.3) is 0 Å². The molecule has 0 heterocycles. The topological polar surface area (TPSA) is 46.5 Å². The second-order valence-electron chi connectivity index (χ2n) is 2.39. The first-order chi connectivity index (χ1) is 6.15. The van der Waals surface area contributed by atoms with Crippen LogP contribution in [-0.4, -0.2) is 27.5 Å². The van der Waals surface area contributed by atoms with Crippen molar-refractivity contribution in [3.63, 3.8) is 0 Å². The fourth-order valence-electron chi connectivity index (χ4n) is 0.854. The molecule has 1 rings (SSSR count). The molecule has 0 aliphatic rings. The summed E-state index contributed by atoms with van der Waals surface area (Å²) in [6.45, 7) is 0. The lowest BCUT2D eigenvalue weighted by Gasteiger charge is -2.02. The largest absolute Gasteiger partial charge is 0.507 e. The van der Waals surface area contributed by atoms with Crippen molar-refractivity contribution in [3.8, 4) is 5.75 Å². The third-order valence-electron chi connectivity index (χ3n) is 1.46. The van der Waals surface area contributed by atoms with Crippen molar-refractivity contribution >= 4 is 38.8 Å². The van der Waals surface area contributed by atoms with Gasteiger partial charge in [-0.05, 0) is 40.8 Å². The predicted octanol–water partition coefficient (Wildman–Crippen LogP) is 0.476. The summed E-state index contributed by atoms with van der Waals surface area (Å²) in [5.41, 5.74) is 0.397. The van der Waals surface area contributed by atoms with E-state index in [1.165, 1.54) is 6.07 Å². The van der Waals surface area contributed by atoms with Crippen LogP contribution in [0.2, 0.25) is 0 Å². The van der Waals surface area contributed by atoms with Gasteiger partial charge in [-0.15, -0.1) is 0 Å². The van der Waals surface area contributed by atoms with Gasteiger partial charge in [0.2, 0.25) is 0 Å². The molecule has 0 atom stereocenters. The summed E-state index contributed by atoms with van der Waals surface area (Å²) in [6.07, 6.45) is 0.478. The highest BCUT2D eigenvalue weighted by atomic mass is 127. The van der Waals surface area contributed by atoms with Gasteiger partial charge in [-0.1, -0.05) is 0 Å². The number of ether oxygens (including phenoxy) is 1. The molecule has 1 N–H and O–H groups in total. The van der Waals surface area contributed by atoms with Gasteiger partial charge in [0.15, 0.2) is 0 Å². The zero-order valence-electron chi connectivity index (χ0n) is 7.08. The number of carbonyl (C=O) groups is 1. The summed E-state index contributed by atoms with van der Waals surface area (Å²) in [7, 11) is 0.827. The van der Waals surface area contributed by atoms with Gasteiger partial charge in [-0.2, -0.15) is 0 Å². The minimum Gasteiger partial charge on any atom is -0.507 e. The number of phenolic OH excluding ortho intramolecular Hbond substituents is 1. The lowest BCUT2D eigenvalue weighted by molar-refractivity contribution is 0.0573. The molecule has 0 saturated carbocycles. The third kappa shape index (κ3) is 2.70. The van der Waals surface area contributed by atoms with E-state index in [0.29, 0.717) is 11.8 Å². The van der Waals surface area contributed by atoms with E-state index in [2.05, 4.69) is 0 Å². The predicted molar refractivity (Wildman–Crippen MR) is 61.0 cm³/mol. The van der Waals surface area contributed by atoms with Crippen molar-refractivity contribution in [2.75, 3.05) is 6.23 Å². The second-order valence-corrected chi connectivity index (χ2v) is 4.13. The Morgan fingerprint density at radius 2 is 2.31 bits per heavy atom. The molecule has 0 spiro atoms. The molecule has 0 bridgehead atoms. The number of esters is 1. The van der Waals surface area contributed by atoms with Gasteiger partial charge in [0.25, 0.3) is 0 Å². The standard InChI is InChI=1S/C8H9IO3Si/c9-6-2-1-5(3-7(6)10)8(11)12-4-13/h1-3,10H,4H2,13H3. The quantitative estimate of drug-likeness (QED) is 0.491. The monoisotopic (exact) mass is 308 g/mol. The highest BCUT2D eigenvalue weighted by Crippen LogP contribution is 2.20. The minimum atomic E-state index is -0.373. The van der Waals surface area contributed by atoms with Crippen LogP contribution in [-0.2, 0) is 4.74 Å². The van der Waals surface area contributed by atoms with Gasteiger partial charge in [0.05, 0.1) is 25.6 Å². The molecule has 0 amide bonds. The molecule has 3 nitrogen and oxygen atoms in total.